The van der Waals surface area contributed by atoms with E-state index in [2.05, 4.69) is 16.7 Å². The van der Waals surface area contributed by atoms with Gasteiger partial charge < -0.3 is 0 Å². The minimum Gasteiger partial charge on any atom is -0.273 e. The zero-order chi connectivity index (χ0) is 23.8. The van der Waals surface area contributed by atoms with Gasteiger partial charge in [-0.2, -0.15) is 0 Å². The highest BCUT2D eigenvalue weighted by atomic mass is 32.2. The van der Waals surface area contributed by atoms with Crippen molar-refractivity contribution >= 4 is 23.5 Å². The molecule has 34 heavy (non-hydrogen) atoms. The van der Waals surface area contributed by atoms with Gasteiger partial charge in [-0.1, -0.05) is 54.6 Å². The van der Waals surface area contributed by atoms with Gasteiger partial charge in [0.05, 0.1) is 17.7 Å². The van der Waals surface area contributed by atoms with Gasteiger partial charge in [0.15, 0.2) is 0 Å². The van der Waals surface area contributed by atoms with E-state index in [1.807, 2.05) is 48.5 Å². The van der Waals surface area contributed by atoms with Crippen LogP contribution in [-0.4, -0.2) is 27.4 Å². The van der Waals surface area contributed by atoms with Crippen molar-refractivity contribution in [2.24, 2.45) is 0 Å². The number of thioether (sulfide) groups is 1. The Labute approximate surface area is 201 Å². The highest BCUT2D eigenvalue weighted by Gasteiger charge is 2.28. The summed E-state index contributed by atoms with van der Waals surface area (Å²) in [6.07, 6.45) is 10.1. The SMILES string of the molecule is O=C(NOCC=CCc1ccc(-c2ccccc2)cc1[N+](=O)[O-])N1[C]=CSC1c1ccncc1. The Morgan fingerprint density at radius 2 is 1.94 bits per heavy atom. The number of benzene rings is 2. The zero-order valence-electron chi connectivity index (χ0n) is 18.0. The molecule has 1 N–H and O–H groups in total. The summed E-state index contributed by atoms with van der Waals surface area (Å²) < 4.78 is 0. The van der Waals surface area contributed by atoms with Gasteiger partial charge in [-0.05, 0) is 40.7 Å². The number of nitro groups is 1. The molecule has 1 atom stereocenters. The molecule has 1 radical (unpaired) electrons. The predicted octanol–water partition coefficient (Wildman–Crippen LogP) is 5.42. The Bertz CT molecular complexity index is 1200. The first kappa shape index (κ1) is 23.2. The van der Waals surface area contributed by atoms with Gasteiger partial charge >= 0.3 is 6.03 Å². The second kappa shape index (κ2) is 11.3. The van der Waals surface area contributed by atoms with Crippen molar-refractivity contribution in [3.63, 3.8) is 0 Å². The third kappa shape index (κ3) is 5.69. The van der Waals surface area contributed by atoms with Gasteiger partial charge in [0.2, 0.25) is 0 Å². The number of rotatable bonds is 8. The van der Waals surface area contributed by atoms with E-state index in [1.54, 1.807) is 42.1 Å². The number of hydrogen-bond donors (Lipinski definition) is 1. The van der Waals surface area contributed by atoms with E-state index in [1.165, 1.54) is 16.7 Å². The van der Waals surface area contributed by atoms with Crippen molar-refractivity contribution in [2.75, 3.05) is 6.61 Å². The first-order chi connectivity index (χ1) is 16.6. The van der Waals surface area contributed by atoms with Crippen LogP contribution in [0.25, 0.3) is 11.1 Å². The fourth-order valence-corrected chi connectivity index (χ4v) is 4.29. The molecule has 1 aliphatic heterocycles. The molecule has 2 amide bonds. The normalized spacial score (nSPS) is 15.1. The number of amides is 2. The van der Waals surface area contributed by atoms with Crippen LogP contribution in [0, 0.1) is 16.3 Å². The molecular formula is C25H21N4O4S. The number of nitro benzene ring substituents is 1. The maximum atomic E-state index is 12.4. The van der Waals surface area contributed by atoms with E-state index >= 15 is 0 Å². The number of carbonyl (C=O) groups is 1. The fraction of sp³-hybridized carbons (Fsp3) is 0.120. The molecule has 171 valence electrons. The average Bonchev–Trinajstić information content (AvgIpc) is 3.37. The van der Waals surface area contributed by atoms with Crippen LogP contribution >= 0.6 is 11.8 Å². The lowest BCUT2D eigenvalue weighted by Gasteiger charge is -2.22. The van der Waals surface area contributed by atoms with Crippen LogP contribution in [0.2, 0.25) is 0 Å². The van der Waals surface area contributed by atoms with E-state index in [0.29, 0.717) is 12.0 Å². The van der Waals surface area contributed by atoms with Crippen molar-refractivity contribution in [1.29, 1.82) is 0 Å². The third-order valence-corrected chi connectivity index (χ3v) is 6.05. The fourth-order valence-electron chi connectivity index (χ4n) is 3.40. The van der Waals surface area contributed by atoms with Crippen molar-refractivity contribution in [2.45, 2.75) is 11.8 Å². The smallest absolute Gasteiger partial charge is 0.273 e. The number of urea groups is 1. The molecule has 3 aromatic rings. The van der Waals surface area contributed by atoms with Gasteiger partial charge in [0.1, 0.15) is 5.37 Å². The van der Waals surface area contributed by atoms with Crippen LogP contribution in [0.5, 0.6) is 0 Å². The van der Waals surface area contributed by atoms with Gasteiger partial charge in [-0.15, -0.1) is 11.8 Å². The van der Waals surface area contributed by atoms with E-state index in [0.717, 1.165) is 16.7 Å². The van der Waals surface area contributed by atoms with E-state index < -0.39 is 6.03 Å². The van der Waals surface area contributed by atoms with Crippen LogP contribution in [0.1, 0.15) is 16.5 Å². The lowest BCUT2D eigenvalue weighted by molar-refractivity contribution is -0.385. The van der Waals surface area contributed by atoms with Crippen LogP contribution in [0.4, 0.5) is 10.5 Å². The summed E-state index contributed by atoms with van der Waals surface area (Å²) >= 11 is 1.46. The molecule has 0 aliphatic carbocycles. The molecule has 0 spiro atoms. The van der Waals surface area contributed by atoms with Crippen molar-refractivity contribution < 1.29 is 14.6 Å². The van der Waals surface area contributed by atoms with E-state index in [-0.39, 0.29) is 22.6 Å². The number of hydroxylamine groups is 1. The quantitative estimate of drug-likeness (QED) is 0.203. The summed E-state index contributed by atoms with van der Waals surface area (Å²) in [5, 5.41) is 13.0. The Balaban J connectivity index is 1.29. The standard InChI is InChI=1S/C25H21N4O4S/c30-25(28-15-17-34-24(28)21-11-13-26-14-12-21)27-33-16-5-4-8-20-9-10-22(18-23(20)29(31)32)19-6-2-1-3-7-19/h1-7,9-14,17-18,24H,8,16H2,(H,27,30). The lowest BCUT2D eigenvalue weighted by Crippen LogP contribution is -2.36. The number of nitrogens with zero attached hydrogens (tertiary/aromatic N) is 3. The molecular weight excluding hydrogens is 452 g/mol. The van der Waals surface area contributed by atoms with Crippen molar-refractivity contribution in [1.82, 2.24) is 15.4 Å². The summed E-state index contributed by atoms with van der Waals surface area (Å²) in [4.78, 5) is 34.3. The maximum absolute atomic E-state index is 12.4. The van der Waals surface area contributed by atoms with Gasteiger partial charge in [0, 0.05) is 24.0 Å². The maximum Gasteiger partial charge on any atom is 0.347 e. The Morgan fingerprint density at radius 3 is 2.71 bits per heavy atom. The summed E-state index contributed by atoms with van der Waals surface area (Å²) in [5.74, 6) is 0. The van der Waals surface area contributed by atoms with E-state index in [9.17, 15) is 14.9 Å². The average molecular weight is 474 g/mol. The molecule has 2 aromatic carbocycles. The monoisotopic (exact) mass is 473 g/mol. The highest BCUT2D eigenvalue weighted by Crippen LogP contribution is 2.37. The Morgan fingerprint density at radius 1 is 1.15 bits per heavy atom. The number of nitrogens with one attached hydrogen (secondary N) is 1. The summed E-state index contributed by atoms with van der Waals surface area (Å²) in [5.41, 5.74) is 5.70. The van der Waals surface area contributed by atoms with Gasteiger partial charge in [-0.25, -0.2) is 10.3 Å². The predicted molar refractivity (Wildman–Crippen MR) is 130 cm³/mol. The zero-order valence-corrected chi connectivity index (χ0v) is 18.9. The molecule has 0 saturated heterocycles. The topological polar surface area (TPSA) is 97.6 Å². The molecule has 0 fully saturated rings. The highest BCUT2D eigenvalue weighted by molar-refractivity contribution is 8.02. The molecule has 1 aromatic heterocycles. The molecule has 8 nitrogen and oxygen atoms in total. The van der Waals surface area contributed by atoms with E-state index in [4.69, 9.17) is 4.84 Å². The molecule has 9 heteroatoms. The summed E-state index contributed by atoms with van der Waals surface area (Å²) in [6.45, 7) is 0.117. The lowest BCUT2D eigenvalue weighted by atomic mass is 10.0. The second-order valence-corrected chi connectivity index (χ2v) is 8.20. The molecule has 2 heterocycles. The van der Waals surface area contributed by atoms with Crippen LogP contribution in [0.15, 0.2) is 90.6 Å². The number of hydrogen-bond acceptors (Lipinski definition) is 6. The summed E-state index contributed by atoms with van der Waals surface area (Å²) in [7, 11) is 0. The van der Waals surface area contributed by atoms with Crippen molar-refractivity contribution in [3.05, 3.63) is 118 Å². The van der Waals surface area contributed by atoms with Crippen LogP contribution in [0.3, 0.4) is 0 Å². The third-order valence-electron chi connectivity index (χ3n) is 5.07. The van der Waals surface area contributed by atoms with Crippen LogP contribution < -0.4 is 5.48 Å². The Hall–Kier alpha value is -3.95. The first-order valence-corrected chi connectivity index (χ1v) is 11.4. The second-order valence-electron chi connectivity index (χ2n) is 7.25. The van der Waals surface area contributed by atoms with Crippen LogP contribution in [-0.2, 0) is 11.3 Å². The van der Waals surface area contributed by atoms with Gasteiger partial charge in [-0.3, -0.25) is 24.8 Å². The molecule has 0 bridgehead atoms. The first-order valence-electron chi connectivity index (χ1n) is 10.5. The van der Waals surface area contributed by atoms with Crippen molar-refractivity contribution in [3.8, 4) is 11.1 Å². The summed E-state index contributed by atoms with van der Waals surface area (Å²) in [6, 6.07) is 18.0. The minimum absolute atomic E-state index is 0.0660. The number of aromatic nitrogens is 1. The minimum atomic E-state index is -0.441. The van der Waals surface area contributed by atoms with Gasteiger partial charge in [0.25, 0.3) is 5.69 Å². The largest absolute Gasteiger partial charge is 0.347 e. The molecule has 0 saturated carbocycles. The number of pyridine rings is 1. The molecule has 1 aliphatic rings. The Kier molecular flexibility index (Phi) is 7.69. The molecule has 1 unspecified atom stereocenters. The number of allylic oxidation sites excluding steroid dienone is 1. The molecule has 4 rings (SSSR count). The number of carbonyl (C=O) groups excluding carboxylic acids is 1.